The fourth-order valence-corrected chi connectivity index (χ4v) is 9.23. The molecule has 2 aromatic rings. The second-order valence-electron chi connectivity index (χ2n) is 13.3. The first-order chi connectivity index (χ1) is 19.5. The number of likely N-dealkylation sites (tertiary alicyclic amines) is 1. The van der Waals surface area contributed by atoms with Crippen LogP contribution in [0.5, 0.6) is 11.5 Å². The van der Waals surface area contributed by atoms with Crippen molar-refractivity contribution in [2.75, 3.05) is 25.0 Å². The number of aromatic hydroxyl groups is 1. The molecule has 1 aliphatic heterocycles. The second-order valence-corrected chi connectivity index (χ2v) is 13.3. The van der Waals surface area contributed by atoms with E-state index in [0.717, 1.165) is 50.5 Å². The average Bonchev–Trinajstić information content (AvgIpc) is 3.52. The molecule has 3 unspecified atom stereocenters. The molecule has 4 fully saturated rings. The van der Waals surface area contributed by atoms with E-state index in [0.29, 0.717) is 29.3 Å². The summed E-state index contributed by atoms with van der Waals surface area (Å²) >= 11 is 0. The van der Waals surface area contributed by atoms with Gasteiger partial charge in [0.1, 0.15) is 23.4 Å². The van der Waals surface area contributed by atoms with Crippen molar-refractivity contribution in [2.24, 2.45) is 23.2 Å². The Morgan fingerprint density at radius 3 is 2.75 bits per heavy atom. The molecule has 6 heteroatoms. The Kier molecular flexibility index (Phi) is 7.01. The van der Waals surface area contributed by atoms with E-state index in [9.17, 15) is 9.90 Å². The number of fused-ring (bicyclic) bond motifs is 4. The molecule has 0 bridgehead atoms. The average molecular weight is 547 g/mol. The zero-order valence-electron chi connectivity index (χ0n) is 23.5. The number of halogens is 1. The molecular weight excluding hydrogens is 503 g/mol. The van der Waals surface area contributed by atoms with E-state index in [2.05, 4.69) is 16.3 Å². The number of nitrogens with one attached hydrogen (secondary N) is 1. The Balaban J connectivity index is 1.01. The predicted octanol–water partition coefficient (Wildman–Crippen LogP) is 7.04. The van der Waals surface area contributed by atoms with Crippen LogP contribution in [-0.4, -0.2) is 41.7 Å². The molecule has 1 heterocycles. The van der Waals surface area contributed by atoms with Crippen molar-refractivity contribution in [1.82, 2.24) is 4.90 Å². The number of benzene rings is 2. The van der Waals surface area contributed by atoms with Gasteiger partial charge in [0.25, 0.3) is 0 Å². The summed E-state index contributed by atoms with van der Waals surface area (Å²) in [7, 11) is 0. The highest BCUT2D eigenvalue weighted by molar-refractivity contribution is 5.90. The molecule has 5 nitrogen and oxygen atoms in total. The minimum absolute atomic E-state index is 0.00677. The van der Waals surface area contributed by atoms with Crippen LogP contribution in [0.4, 0.5) is 10.1 Å². The number of hydrogen-bond acceptors (Lipinski definition) is 4. The third-order valence-electron chi connectivity index (χ3n) is 11.1. The van der Waals surface area contributed by atoms with Crippen LogP contribution in [-0.2, 0) is 11.2 Å². The van der Waals surface area contributed by atoms with Crippen molar-refractivity contribution < 1.29 is 19.0 Å². The van der Waals surface area contributed by atoms with Gasteiger partial charge in [0.05, 0.1) is 5.69 Å². The van der Waals surface area contributed by atoms with E-state index in [1.54, 1.807) is 6.07 Å². The summed E-state index contributed by atoms with van der Waals surface area (Å²) in [6.45, 7) is 3.39. The molecule has 4 aliphatic carbocycles. The number of carbonyl (C=O) groups is 1. The van der Waals surface area contributed by atoms with Crippen molar-refractivity contribution in [2.45, 2.75) is 89.1 Å². The number of phenolic OH excluding ortho intramolecular Hbond substituents is 1. The quantitative estimate of drug-likeness (QED) is 0.349. The summed E-state index contributed by atoms with van der Waals surface area (Å²) in [5, 5.41) is 12.9. The van der Waals surface area contributed by atoms with E-state index in [4.69, 9.17) is 4.74 Å². The summed E-state index contributed by atoms with van der Waals surface area (Å²) in [6.07, 6.45) is 13.3. The summed E-state index contributed by atoms with van der Waals surface area (Å²) in [6, 6.07) is 10.7. The van der Waals surface area contributed by atoms with Crippen LogP contribution >= 0.6 is 0 Å². The molecule has 1 spiro atoms. The molecule has 40 heavy (non-hydrogen) atoms. The summed E-state index contributed by atoms with van der Waals surface area (Å²) in [5.41, 5.74) is 3.19. The van der Waals surface area contributed by atoms with Crippen LogP contribution in [0.25, 0.3) is 0 Å². The number of carbonyl (C=O) groups excluding carboxylic acids is 1. The first-order valence-electron chi connectivity index (χ1n) is 15.8. The number of ether oxygens (including phenoxy) is 1. The van der Waals surface area contributed by atoms with Crippen LogP contribution in [0.2, 0.25) is 0 Å². The molecule has 0 radical (unpaired) electrons. The number of unbranched alkanes of at least 4 members (excludes halogenated alkanes) is 1. The van der Waals surface area contributed by atoms with Gasteiger partial charge in [-0.25, -0.2) is 4.39 Å². The van der Waals surface area contributed by atoms with Crippen molar-refractivity contribution in [3.63, 3.8) is 0 Å². The molecular formula is C34H43FN2O3. The van der Waals surface area contributed by atoms with E-state index >= 15 is 4.39 Å². The van der Waals surface area contributed by atoms with Gasteiger partial charge in [-0.3, -0.25) is 4.79 Å². The lowest BCUT2D eigenvalue weighted by Gasteiger charge is -2.49. The normalized spacial score (nSPS) is 32.4. The largest absolute Gasteiger partial charge is 0.508 e. The number of aryl methyl sites for hydroxylation is 1. The van der Waals surface area contributed by atoms with Crippen LogP contribution in [0, 0.1) is 29.0 Å². The van der Waals surface area contributed by atoms with Gasteiger partial charge < -0.3 is 20.1 Å². The smallest absolute Gasteiger partial charge is 0.224 e. The molecule has 2 aromatic carbocycles. The maximum absolute atomic E-state index is 15.2. The molecule has 0 aromatic heterocycles. The highest BCUT2D eigenvalue weighted by Crippen LogP contribution is 2.75. The minimum atomic E-state index is -0.443. The number of piperidine rings is 1. The Morgan fingerprint density at radius 1 is 1.05 bits per heavy atom. The number of nitrogens with zero attached hydrogens (tertiary/aromatic N) is 1. The molecule has 1 saturated heterocycles. The molecule has 3 saturated carbocycles. The van der Waals surface area contributed by atoms with Crippen LogP contribution in [0.15, 0.2) is 36.4 Å². The van der Waals surface area contributed by atoms with Gasteiger partial charge in [0.2, 0.25) is 5.91 Å². The Bertz CT molecular complexity index is 1260. The van der Waals surface area contributed by atoms with Gasteiger partial charge >= 0.3 is 0 Å². The SMILES string of the molecule is O=C(CCCCN1CCCCC1)Nc1ccc(O[C@H]2CC34C[C@H]3CCC4C3CCc4cc(O)ccc4[C@H]32)cc1F. The summed E-state index contributed by atoms with van der Waals surface area (Å²) in [4.78, 5) is 15.0. The second kappa shape index (κ2) is 10.7. The zero-order valence-corrected chi connectivity index (χ0v) is 23.5. The highest BCUT2D eigenvalue weighted by Gasteiger charge is 2.68. The third kappa shape index (κ3) is 4.91. The third-order valence-corrected chi connectivity index (χ3v) is 11.1. The Morgan fingerprint density at radius 2 is 1.93 bits per heavy atom. The van der Waals surface area contributed by atoms with E-state index < -0.39 is 5.82 Å². The van der Waals surface area contributed by atoms with Crippen molar-refractivity contribution in [1.29, 1.82) is 0 Å². The maximum Gasteiger partial charge on any atom is 0.224 e. The first-order valence-corrected chi connectivity index (χ1v) is 15.8. The Labute approximate surface area is 237 Å². The minimum Gasteiger partial charge on any atom is -0.508 e. The molecule has 2 N–H and O–H groups in total. The van der Waals surface area contributed by atoms with Crippen LogP contribution in [0.1, 0.15) is 87.7 Å². The van der Waals surface area contributed by atoms with Gasteiger partial charge in [-0.2, -0.15) is 0 Å². The summed E-state index contributed by atoms with van der Waals surface area (Å²) in [5.74, 6) is 2.74. The number of hydrogen-bond donors (Lipinski definition) is 2. The van der Waals surface area contributed by atoms with Crippen LogP contribution in [0.3, 0.4) is 0 Å². The van der Waals surface area contributed by atoms with Crippen molar-refractivity contribution in [3.8, 4) is 11.5 Å². The topological polar surface area (TPSA) is 61.8 Å². The lowest BCUT2D eigenvalue weighted by molar-refractivity contribution is -0.116. The maximum atomic E-state index is 15.2. The van der Waals surface area contributed by atoms with Crippen LogP contribution < -0.4 is 10.1 Å². The van der Waals surface area contributed by atoms with Gasteiger partial charge in [0, 0.05) is 18.4 Å². The van der Waals surface area contributed by atoms with E-state index in [-0.39, 0.29) is 23.6 Å². The van der Waals surface area contributed by atoms with Crippen molar-refractivity contribution >= 4 is 11.6 Å². The number of amides is 1. The van der Waals surface area contributed by atoms with Gasteiger partial charge in [-0.15, -0.1) is 0 Å². The monoisotopic (exact) mass is 546 g/mol. The van der Waals surface area contributed by atoms with Crippen molar-refractivity contribution in [3.05, 3.63) is 53.3 Å². The van der Waals surface area contributed by atoms with E-state index in [1.165, 1.54) is 68.8 Å². The zero-order chi connectivity index (χ0) is 27.3. The number of anilines is 1. The first kappa shape index (κ1) is 26.3. The fraction of sp³-hybridized carbons (Fsp3) is 0.618. The van der Waals surface area contributed by atoms with Gasteiger partial charge in [-0.1, -0.05) is 12.5 Å². The molecule has 214 valence electrons. The molecule has 1 amide bonds. The summed E-state index contributed by atoms with van der Waals surface area (Å²) < 4.78 is 21.9. The fourth-order valence-electron chi connectivity index (χ4n) is 9.23. The predicted molar refractivity (Wildman–Crippen MR) is 154 cm³/mol. The molecule has 5 aliphatic rings. The molecule has 7 rings (SSSR count). The standard InChI is InChI=1S/C34H43FN2O3/c35-29-19-25(10-14-30(29)36-32(39)6-2-5-17-37-15-3-1-4-16-37)40-31-21-34-20-23(34)8-13-28(34)27-11-7-22-18-24(38)9-12-26(22)33(27)31/h9-10,12,14,18-19,23,27-28,31,33,38H,1-8,11,13,15-17,20-21H2,(H,36,39)/t23-,27?,28?,31+,33-,34?/m1/s1. The number of rotatable bonds is 8. The highest BCUT2D eigenvalue weighted by atomic mass is 19.1. The lowest BCUT2D eigenvalue weighted by Crippen LogP contribution is -2.46. The molecule has 6 atom stereocenters. The van der Waals surface area contributed by atoms with Gasteiger partial charge in [0.15, 0.2) is 0 Å². The van der Waals surface area contributed by atoms with E-state index in [1.807, 2.05) is 18.2 Å². The lowest BCUT2D eigenvalue weighted by atomic mass is 9.57. The Hall–Kier alpha value is -2.60. The number of phenols is 1. The van der Waals surface area contributed by atoms with Gasteiger partial charge in [-0.05, 0) is 142 Å².